The molecule has 54 valence electrons. The lowest BCUT2D eigenvalue weighted by Gasteiger charge is -1.99. The van der Waals surface area contributed by atoms with Gasteiger partial charge in [-0.05, 0) is 25.0 Å². The van der Waals surface area contributed by atoms with Gasteiger partial charge in [0.1, 0.15) is 4.64 Å². The second kappa shape index (κ2) is 2.97. The summed E-state index contributed by atoms with van der Waals surface area (Å²) in [7, 11) is 0. The van der Waals surface area contributed by atoms with Crippen LogP contribution in [0.3, 0.4) is 0 Å². The maximum Gasteiger partial charge on any atom is 0.103 e. The Morgan fingerprint density at radius 3 is 2.70 bits per heavy atom. The van der Waals surface area contributed by atoms with Crippen LogP contribution in [0.4, 0.5) is 0 Å². The quantitative estimate of drug-likeness (QED) is 0.613. The van der Waals surface area contributed by atoms with Crippen LogP contribution in [0.1, 0.15) is 18.2 Å². The largest absolute Gasteiger partial charge is 0.350 e. The zero-order valence-corrected chi connectivity index (χ0v) is 7.09. The van der Waals surface area contributed by atoms with E-state index in [1.165, 1.54) is 11.3 Å². The number of aryl methyl sites for hydroxylation is 2. The van der Waals surface area contributed by atoms with Gasteiger partial charge in [0.25, 0.3) is 0 Å². The summed E-state index contributed by atoms with van der Waals surface area (Å²) < 4.78 is 0.815. The molecule has 0 fully saturated rings. The summed E-state index contributed by atoms with van der Waals surface area (Å²) in [5.74, 6) is 0. The fourth-order valence-electron chi connectivity index (χ4n) is 0.991. The average Bonchev–Trinajstić information content (AvgIpc) is 1.88. The Labute approximate surface area is 66.1 Å². The minimum Gasteiger partial charge on any atom is -0.350 e. The number of H-pyrrole nitrogens is 1. The van der Waals surface area contributed by atoms with E-state index in [9.17, 15) is 0 Å². The SMILES string of the molecule is CCc1ccc(=S)[nH]c1C. The van der Waals surface area contributed by atoms with Crippen LogP contribution < -0.4 is 0 Å². The molecule has 0 atom stereocenters. The second-order valence-electron chi connectivity index (χ2n) is 2.33. The van der Waals surface area contributed by atoms with E-state index in [1.54, 1.807) is 0 Å². The summed E-state index contributed by atoms with van der Waals surface area (Å²) in [6.45, 7) is 4.19. The van der Waals surface area contributed by atoms with E-state index >= 15 is 0 Å². The van der Waals surface area contributed by atoms with Crippen LogP contribution in [0.2, 0.25) is 0 Å². The summed E-state index contributed by atoms with van der Waals surface area (Å²) in [6.07, 6.45) is 1.07. The Balaban J connectivity index is 3.19. The summed E-state index contributed by atoms with van der Waals surface area (Å²) in [4.78, 5) is 3.10. The van der Waals surface area contributed by atoms with Crippen molar-refractivity contribution in [2.75, 3.05) is 0 Å². The van der Waals surface area contributed by atoms with E-state index in [4.69, 9.17) is 12.2 Å². The Morgan fingerprint density at radius 1 is 1.50 bits per heavy atom. The number of hydrogen-bond acceptors (Lipinski definition) is 1. The highest BCUT2D eigenvalue weighted by molar-refractivity contribution is 7.71. The molecule has 0 aliphatic heterocycles. The molecule has 0 bridgehead atoms. The molecule has 0 aliphatic rings. The van der Waals surface area contributed by atoms with Crippen molar-refractivity contribution in [3.63, 3.8) is 0 Å². The van der Waals surface area contributed by atoms with Gasteiger partial charge in [0.15, 0.2) is 0 Å². The Morgan fingerprint density at radius 2 is 2.20 bits per heavy atom. The lowest BCUT2D eigenvalue weighted by atomic mass is 10.2. The number of aromatic amines is 1. The predicted octanol–water partition coefficient (Wildman–Crippen LogP) is 2.62. The minimum absolute atomic E-state index is 0.815. The number of hydrogen-bond donors (Lipinski definition) is 1. The average molecular weight is 153 g/mol. The Bertz CT molecular complexity index is 275. The second-order valence-corrected chi connectivity index (χ2v) is 2.77. The van der Waals surface area contributed by atoms with E-state index in [1.807, 2.05) is 6.07 Å². The van der Waals surface area contributed by atoms with E-state index in [0.29, 0.717) is 0 Å². The summed E-state index contributed by atoms with van der Waals surface area (Å²) in [5, 5.41) is 0. The molecule has 0 aliphatic carbocycles. The van der Waals surface area contributed by atoms with Crippen LogP contribution in [0, 0.1) is 11.6 Å². The van der Waals surface area contributed by atoms with Crippen LogP contribution in [0.15, 0.2) is 12.1 Å². The van der Waals surface area contributed by atoms with Gasteiger partial charge in [-0.2, -0.15) is 0 Å². The van der Waals surface area contributed by atoms with Gasteiger partial charge in [-0.1, -0.05) is 25.2 Å². The van der Waals surface area contributed by atoms with Crippen molar-refractivity contribution in [3.8, 4) is 0 Å². The number of aromatic nitrogens is 1. The summed E-state index contributed by atoms with van der Waals surface area (Å²) in [5.41, 5.74) is 2.53. The van der Waals surface area contributed by atoms with Crippen LogP contribution in [0.5, 0.6) is 0 Å². The normalized spacial score (nSPS) is 9.80. The molecule has 0 saturated carbocycles. The van der Waals surface area contributed by atoms with Crippen molar-refractivity contribution in [1.29, 1.82) is 0 Å². The number of nitrogens with one attached hydrogen (secondary N) is 1. The molecule has 0 unspecified atom stereocenters. The summed E-state index contributed by atoms with van der Waals surface area (Å²) >= 11 is 4.95. The van der Waals surface area contributed by atoms with Crippen molar-refractivity contribution in [2.45, 2.75) is 20.3 Å². The van der Waals surface area contributed by atoms with E-state index < -0.39 is 0 Å². The van der Waals surface area contributed by atoms with Gasteiger partial charge in [0.2, 0.25) is 0 Å². The molecule has 0 radical (unpaired) electrons. The van der Waals surface area contributed by atoms with Gasteiger partial charge in [0, 0.05) is 5.69 Å². The van der Waals surface area contributed by atoms with Crippen LogP contribution in [0.25, 0.3) is 0 Å². The zero-order valence-electron chi connectivity index (χ0n) is 6.27. The van der Waals surface area contributed by atoms with Gasteiger partial charge in [-0.25, -0.2) is 0 Å². The first-order valence-corrected chi connectivity index (χ1v) is 3.83. The van der Waals surface area contributed by atoms with Gasteiger partial charge >= 0.3 is 0 Å². The molecule has 1 nitrogen and oxygen atoms in total. The molecular weight excluding hydrogens is 142 g/mol. The van der Waals surface area contributed by atoms with Crippen molar-refractivity contribution >= 4 is 12.2 Å². The third-order valence-electron chi connectivity index (χ3n) is 1.61. The lowest BCUT2D eigenvalue weighted by Crippen LogP contribution is -1.89. The van der Waals surface area contributed by atoms with E-state index in [0.717, 1.165) is 11.1 Å². The predicted molar refractivity (Wildman–Crippen MR) is 45.7 cm³/mol. The van der Waals surface area contributed by atoms with Gasteiger partial charge < -0.3 is 4.98 Å². The lowest BCUT2D eigenvalue weighted by molar-refractivity contribution is 1.04. The standard InChI is InChI=1S/C8H11NS/c1-3-7-4-5-8(10)9-6(7)2/h4-5H,3H2,1-2H3,(H,9,10). The summed E-state index contributed by atoms with van der Waals surface area (Å²) in [6, 6.07) is 4.01. The maximum atomic E-state index is 4.95. The molecule has 1 heterocycles. The molecule has 1 aromatic rings. The highest BCUT2D eigenvalue weighted by Crippen LogP contribution is 2.04. The van der Waals surface area contributed by atoms with Crippen LogP contribution in [-0.2, 0) is 6.42 Å². The molecule has 10 heavy (non-hydrogen) atoms. The van der Waals surface area contributed by atoms with Gasteiger partial charge in [-0.15, -0.1) is 0 Å². The Kier molecular flexibility index (Phi) is 2.22. The molecule has 0 amide bonds. The highest BCUT2D eigenvalue weighted by Gasteiger charge is 1.91. The zero-order chi connectivity index (χ0) is 7.56. The molecule has 1 aromatic heterocycles. The molecule has 0 aromatic carbocycles. The van der Waals surface area contributed by atoms with Crippen LogP contribution in [-0.4, -0.2) is 4.98 Å². The first-order chi connectivity index (χ1) is 4.74. The third-order valence-corrected chi connectivity index (χ3v) is 1.85. The minimum atomic E-state index is 0.815. The van der Waals surface area contributed by atoms with E-state index in [-0.39, 0.29) is 0 Å². The maximum absolute atomic E-state index is 4.95. The Hall–Kier alpha value is -0.630. The first kappa shape index (κ1) is 7.48. The smallest absolute Gasteiger partial charge is 0.103 e. The first-order valence-electron chi connectivity index (χ1n) is 3.43. The topological polar surface area (TPSA) is 15.8 Å². The van der Waals surface area contributed by atoms with Gasteiger partial charge in [-0.3, -0.25) is 0 Å². The van der Waals surface area contributed by atoms with Crippen LogP contribution >= 0.6 is 12.2 Å². The molecule has 0 spiro atoms. The fourth-order valence-corrected chi connectivity index (χ4v) is 1.21. The number of pyridine rings is 1. The molecule has 1 rings (SSSR count). The number of rotatable bonds is 1. The van der Waals surface area contributed by atoms with Crippen molar-refractivity contribution in [2.24, 2.45) is 0 Å². The van der Waals surface area contributed by atoms with E-state index in [2.05, 4.69) is 24.9 Å². The van der Waals surface area contributed by atoms with Gasteiger partial charge in [0.05, 0.1) is 0 Å². The molecule has 1 N–H and O–H groups in total. The van der Waals surface area contributed by atoms with Crippen molar-refractivity contribution < 1.29 is 0 Å². The highest BCUT2D eigenvalue weighted by atomic mass is 32.1. The van der Waals surface area contributed by atoms with Crippen molar-refractivity contribution in [3.05, 3.63) is 28.0 Å². The fraction of sp³-hybridized carbons (Fsp3) is 0.375. The molecule has 2 heteroatoms. The van der Waals surface area contributed by atoms with Crippen molar-refractivity contribution in [1.82, 2.24) is 4.98 Å². The third kappa shape index (κ3) is 1.45. The molecular formula is C8H11NS. The monoisotopic (exact) mass is 153 g/mol. The molecule has 0 saturated heterocycles.